The van der Waals surface area contributed by atoms with Gasteiger partial charge in [-0.2, -0.15) is 13.2 Å². The third-order valence-corrected chi connectivity index (χ3v) is 2.09. The van der Waals surface area contributed by atoms with Crippen molar-refractivity contribution in [3.63, 3.8) is 0 Å². The Morgan fingerprint density at radius 2 is 1.75 bits per heavy atom. The van der Waals surface area contributed by atoms with E-state index in [0.29, 0.717) is 5.06 Å². The summed E-state index contributed by atoms with van der Waals surface area (Å²) in [5.41, 5.74) is -0.937. The highest BCUT2D eigenvalue weighted by atomic mass is 19.4. The van der Waals surface area contributed by atoms with E-state index in [0.717, 1.165) is 7.11 Å². The second-order valence-corrected chi connectivity index (χ2v) is 5.02. The molecule has 0 fully saturated rings. The molecule has 1 atom stereocenters. The van der Waals surface area contributed by atoms with Crippen LogP contribution in [-0.4, -0.2) is 49.0 Å². The summed E-state index contributed by atoms with van der Waals surface area (Å²) in [6, 6.07) is -2.34. The topological polar surface area (TPSA) is 67.9 Å². The molecule has 1 N–H and O–H groups in total. The van der Waals surface area contributed by atoms with Crippen LogP contribution in [0.25, 0.3) is 0 Å². The van der Waals surface area contributed by atoms with E-state index in [9.17, 15) is 22.8 Å². The van der Waals surface area contributed by atoms with E-state index >= 15 is 0 Å². The van der Waals surface area contributed by atoms with E-state index in [2.05, 4.69) is 4.84 Å². The van der Waals surface area contributed by atoms with Crippen LogP contribution in [0.3, 0.4) is 0 Å². The number of alkyl carbamates (subject to hydrolysis) is 1. The summed E-state index contributed by atoms with van der Waals surface area (Å²) in [6.45, 7) is 4.54. The quantitative estimate of drug-likeness (QED) is 0.805. The Bertz CT molecular complexity index is 353. The first kappa shape index (κ1) is 18.5. The van der Waals surface area contributed by atoms with Crippen molar-refractivity contribution < 1.29 is 32.3 Å². The van der Waals surface area contributed by atoms with Crippen LogP contribution in [0.15, 0.2) is 0 Å². The van der Waals surface area contributed by atoms with E-state index in [-0.39, 0.29) is 0 Å². The van der Waals surface area contributed by atoms with Crippen LogP contribution in [-0.2, 0) is 14.4 Å². The third kappa shape index (κ3) is 7.17. The minimum atomic E-state index is -4.78. The summed E-state index contributed by atoms with van der Waals surface area (Å²) < 4.78 is 43.0. The van der Waals surface area contributed by atoms with Gasteiger partial charge < -0.3 is 10.1 Å². The summed E-state index contributed by atoms with van der Waals surface area (Å²) in [5, 5.41) is 2.28. The number of hydrogen-bond donors (Lipinski definition) is 1. The second-order valence-electron chi connectivity index (χ2n) is 5.02. The highest BCUT2D eigenvalue weighted by Crippen LogP contribution is 2.23. The second kappa shape index (κ2) is 6.78. The third-order valence-electron chi connectivity index (χ3n) is 2.09. The van der Waals surface area contributed by atoms with Crippen molar-refractivity contribution in [3.8, 4) is 0 Å². The summed E-state index contributed by atoms with van der Waals surface area (Å²) in [5.74, 6) is -0.925. The van der Waals surface area contributed by atoms with E-state index in [1.807, 2.05) is 0 Å². The van der Waals surface area contributed by atoms with Crippen LogP contribution in [0.5, 0.6) is 0 Å². The van der Waals surface area contributed by atoms with E-state index in [4.69, 9.17) is 4.74 Å². The fourth-order valence-corrected chi connectivity index (χ4v) is 1.10. The smallest absolute Gasteiger partial charge is 0.409 e. The lowest BCUT2D eigenvalue weighted by Gasteiger charge is -2.25. The minimum Gasteiger partial charge on any atom is -0.444 e. The van der Waals surface area contributed by atoms with Gasteiger partial charge in [0.15, 0.2) is 0 Å². The molecule has 0 spiro atoms. The van der Waals surface area contributed by atoms with Gasteiger partial charge in [0, 0.05) is 7.05 Å². The number of hydroxylamine groups is 2. The van der Waals surface area contributed by atoms with Crippen LogP contribution in [0, 0.1) is 0 Å². The molecule has 0 radical (unpaired) electrons. The van der Waals surface area contributed by atoms with Crippen LogP contribution in [0.1, 0.15) is 27.2 Å². The number of nitrogens with zero attached hydrogens (tertiary/aromatic N) is 1. The minimum absolute atomic E-state index is 0.648. The van der Waals surface area contributed by atoms with Gasteiger partial charge in [-0.05, 0) is 20.8 Å². The normalized spacial score (nSPS) is 13.6. The van der Waals surface area contributed by atoms with Gasteiger partial charge in [0.1, 0.15) is 11.6 Å². The Balaban J connectivity index is 4.76. The maximum absolute atomic E-state index is 12.8. The van der Waals surface area contributed by atoms with Gasteiger partial charge in [0.25, 0.3) is 0 Å². The van der Waals surface area contributed by atoms with Gasteiger partial charge in [-0.1, -0.05) is 0 Å². The van der Waals surface area contributed by atoms with Gasteiger partial charge in [0.05, 0.1) is 13.5 Å². The van der Waals surface area contributed by atoms with E-state index in [1.165, 1.54) is 27.8 Å². The van der Waals surface area contributed by atoms with Crippen molar-refractivity contribution in [2.75, 3.05) is 14.2 Å². The SMILES string of the molecule is CON(C)C(=O)CC(NC(=O)OC(C)(C)C)C(F)(F)F. The molecule has 0 rings (SSSR count). The fraction of sp³-hybridized carbons (Fsp3) is 0.818. The summed E-state index contributed by atoms with van der Waals surface area (Å²) in [7, 11) is 2.31. The van der Waals surface area contributed by atoms with Crippen molar-refractivity contribution in [1.82, 2.24) is 10.4 Å². The number of halogens is 3. The van der Waals surface area contributed by atoms with Crippen LogP contribution >= 0.6 is 0 Å². The van der Waals surface area contributed by atoms with Crippen molar-refractivity contribution in [2.45, 2.75) is 45.0 Å². The number of rotatable bonds is 4. The molecule has 0 aliphatic rings. The molecule has 0 bridgehead atoms. The molecule has 0 aromatic rings. The zero-order valence-electron chi connectivity index (χ0n) is 12.0. The van der Waals surface area contributed by atoms with Crippen molar-refractivity contribution in [3.05, 3.63) is 0 Å². The van der Waals surface area contributed by atoms with Crippen LogP contribution in [0.4, 0.5) is 18.0 Å². The first-order chi connectivity index (χ1) is 8.86. The van der Waals surface area contributed by atoms with Crippen molar-refractivity contribution >= 4 is 12.0 Å². The van der Waals surface area contributed by atoms with Gasteiger partial charge in [-0.25, -0.2) is 9.86 Å². The molecule has 0 aliphatic heterocycles. The highest BCUT2D eigenvalue weighted by molar-refractivity contribution is 5.77. The summed E-state index contributed by atoms with van der Waals surface area (Å²) in [6.07, 6.45) is -7.00. The lowest BCUT2D eigenvalue weighted by molar-refractivity contribution is -0.182. The standard InChI is InChI=1S/C11H19F3N2O4/c1-10(2,3)20-9(18)15-7(11(12,13)14)6-8(17)16(4)19-5/h7H,6H2,1-5H3,(H,15,18). The molecule has 0 aliphatic carbocycles. The van der Waals surface area contributed by atoms with Crippen molar-refractivity contribution in [2.24, 2.45) is 0 Å². The lowest BCUT2D eigenvalue weighted by Crippen LogP contribution is -2.49. The Hall–Kier alpha value is -1.51. The average Bonchev–Trinajstić information content (AvgIpc) is 2.22. The highest BCUT2D eigenvalue weighted by Gasteiger charge is 2.43. The molecule has 6 nitrogen and oxygen atoms in total. The molecule has 118 valence electrons. The zero-order chi connectivity index (χ0) is 16.1. The molecule has 0 saturated carbocycles. The number of ether oxygens (including phenoxy) is 1. The number of nitrogens with one attached hydrogen (secondary N) is 1. The fourth-order valence-electron chi connectivity index (χ4n) is 1.10. The monoisotopic (exact) mass is 300 g/mol. The van der Waals surface area contributed by atoms with E-state index < -0.39 is 36.2 Å². The van der Waals surface area contributed by atoms with Gasteiger partial charge in [-0.15, -0.1) is 0 Å². The van der Waals surface area contributed by atoms with Gasteiger partial charge in [-0.3, -0.25) is 9.63 Å². The summed E-state index contributed by atoms with van der Waals surface area (Å²) >= 11 is 0. The predicted octanol–water partition coefficient (Wildman–Crippen LogP) is 1.85. The maximum Gasteiger partial charge on any atom is 0.409 e. The van der Waals surface area contributed by atoms with Crippen LogP contribution in [0.2, 0.25) is 0 Å². The number of carbonyl (C=O) groups is 2. The number of carbonyl (C=O) groups excluding carboxylic acids is 2. The van der Waals surface area contributed by atoms with Gasteiger partial charge >= 0.3 is 12.3 Å². The molecule has 20 heavy (non-hydrogen) atoms. The largest absolute Gasteiger partial charge is 0.444 e. The lowest BCUT2D eigenvalue weighted by atomic mass is 10.2. The van der Waals surface area contributed by atoms with E-state index in [1.54, 1.807) is 5.32 Å². The molecular weight excluding hydrogens is 281 g/mol. The Labute approximate surface area is 115 Å². The molecule has 9 heteroatoms. The average molecular weight is 300 g/mol. The Kier molecular flexibility index (Phi) is 6.27. The molecular formula is C11H19F3N2O4. The predicted molar refractivity (Wildman–Crippen MR) is 63.6 cm³/mol. The van der Waals surface area contributed by atoms with Crippen LogP contribution < -0.4 is 5.32 Å². The number of alkyl halides is 3. The zero-order valence-corrected chi connectivity index (χ0v) is 12.0. The first-order valence-corrected chi connectivity index (χ1v) is 5.73. The molecule has 2 amide bonds. The maximum atomic E-state index is 12.8. The van der Waals surface area contributed by atoms with Gasteiger partial charge in [0.2, 0.25) is 5.91 Å². The molecule has 0 saturated heterocycles. The number of hydrogen-bond acceptors (Lipinski definition) is 4. The Morgan fingerprint density at radius 1 is 1.25 bits per heavy atom. The van der Waals surface area contributed by atoms with Crippen molar-refractivity contribution in [1.29, 1.82) is 0 Å². The molecule has 0 aromatic heterocycles. The molecule has 1 unspecified atom stereocenters. The molecule has 0 aromatic carbocycles. The molecule has 0 heterocycles. The number of amides is 2. The first-order valence-electron chi connectivity index (χ1n) is 5.73. The summed E-state index contributed by atoms with van der Waals surface area (Å²) in [4.78, 5) is 27.2. The Morgan fingerprint density at radius 3 is 2.10 bits per heavy atom.